The second kappa shape index (κ2) is 5.93. The summed E-state index contributed by atoms with van der Waals surface area (Å²) in [5, 5.41) is 19.6. The number of benzene rings is 1. The van der Waals surface area contributed by atoms with Crippen LogP contribution in [0.2, 0.25) is 0 Å². The first-order valence-corrected chi connectivity index (χ1v) is 5.56. The molecule has 0 aliphatic rings. The van der Waals surface area contributed by atoms with Crippen LogP contribution in [0.1, 0.15) is 29.2 Å². The first kappa shape index (κ1) is 14.6. The van der Waals surface area contributed by atoms with Gasteiger partial charge in [-0.3, -0.25) is 4.79 Å². The van der Waals surface area contributed by atoms with Crippen molar-refractivity contribution in [3.05, 3.63) is 34.6 Å². The van der Waals surface area contributed by atoms with Crippen molar-refractivity contribution < 1.29 is 24.1 Å². The number of ether oxygens (including phenoxy) is 1. The van der Waals surface area contributed by atoms with Crippen LogP contribution in [0.25, 0.3) is 0 Å². The number of hydrogen-bond donors (Lipinski definition) is 2. The zero-order valence-electron chi connectivity index (χ0n) is 10.6. The van der Waals surface area contributed by atoms with Gasteiger partial charge in [0.2, 0.25) is 0 Å². The number of halogens is 1. The molecule has 0 saturated heterocycles. The van der Waals surface area contributed by atoms with Crippen LogP contribution < -0.4 is 0 Å². The van der Waals surface area contributed by atoms with Gasteiger partial charge in [-0.05, 0) is 30.5 Å². The minimum atomic E-state index is -1.28. The van der Waals surface area contributed by atoms with Gasteiger partial charge in [0.05, 0.1) is 19.6 Å². The highest BCUT2D eigenvalue weighted by molar-refractivity contribution is 5.69. The molecular formula is C13H17FO4. The molecule has 0 saturated carbocycles. The number of esters is 1. The van der Waals surface area contributed by atoms with Gasteiger partial charge < -0.3 is 14.9 Å². The first-order chi connectivity index (χ1) is 8.36. The summed E-state index contributed by atoms with van der Waals surface area (Å²) < 4.78 is 17.8. The number of aliphatic hydroxyl groups excluding tert-OH is 2. The molecule has 1 rings (SSSR count). The molecule has 100 valence electrons. The lowest BCUT2D eigenvalue weighted by Gasteiger charge is -2.18. The summed E-state index contributed by atoms with van der Waals surface area (Å²) in [5.41, 5.74) is 1.14. The van der Waals surface area contributed by atoms with Crippen LogP contribution in [0.15, 0.2) is 12.1 Å². The van der Waals surface area contributed by atoms with Crippen molar-refractivity contribution in [2.45, 2.75) is 32.5 Å². The van der Waals surface area contributed by atoms with Gasteiger partial charge >= 0.3 is 5.97 Å². The molecule has 2 N–H and O–H groups in total. The van der Waals surface area contributed by atoms with Crippen LogP contribution in [-0.4, -0.2) is 29.4 Å². The summed E-state index contributed by atoms with van der Waals surface area (Å²) in [7, 11) is 1.20. The van der Waals surface area contributed by atoms with Gasteiger partial charge in [0.25, 0.3) is 0 Å². The topological polar surface area (TPSA) is 66.8 Å². The molecule has 0 fully saturated rings. The van der Waals surface area contributed by atoms with E-state index in [1.54, 1.807) is 13.8 Å². The first-order valence-electron chi connectivity index (χ1n) is 5.56. The Morgan fingerprint density at radius 2 is 1.83 bits per heavy atom. The van der Waals surface area contributed by atoms with E-state index in [0.717, 1.165) is 0 Å². The zero-order chi connectivity index (χ0) is 13.9. The van der Waals surface area contributed by atoms with E-state index in [1.165, 1.54) is 19.2 Å². The Bertz CT molecular complexity index is 422. The number of carbonyl (C=O) groups excluding carboxylic acids is 1. The van der Waals surface area contributed by atoms with Gasteiger partial charge in [0.1, 0.15) is 11.9 Å². The molecule has 2 unspecified atom stereocenters. The van der Waals surface area contributed by atoms with Crippen LogP contribution in [0, 0.1) is 19.7 Å². The summed E-state index contributed by atoms with van der Waals surface area (Å²) in [4.78, 5) is 11.0. The lowest BCUT2D eigenvalue weighted by molar-refractivity contribution is -0.144. The van der Waals surface area contributed by atoms with Crippen LogP contribution in [0.3, 0.4) is 0 Å². The third-order valence-corrected chi connectivity index (χ3v) is 2.77. The van der Waals surface area contributed by atoms with Crippen LogP contribution in [0.5, 0.6) is 0 Å². The predicted octanol–water partition coefficient (Wildman–Crippen LogP) is 1.40. The monoisotopic (exact) mass is 256 g/mol. The summed E-state index contributed by atoms with van der Waals surface area (Å²) in [6.07, 6.45) is -2.84. The summed E-state index contributed by atoms with van der Waals surface area (Å²) in [5.74, 6) is -0.953. The Balaban J connectivity index is 2.90. The minimum Gasteiger partial charge on any atom is -0.469 e. The quantitative estimate of drug-likeness (QED) is 0.799. The SMILES string of the molecule is COC(=O)CC(O)C(O)c1cc(C)c(F)c(C)c1. The van der Waals surface area contributed by atoms with E-state index in [-0.39, 0.29) is 12.2 Å². The smallest absolute Gasteiger partial charge is 0.308 e. The van der Waals surface area contributed by atoms with E-state index in [0.29, 0.717) is 16.7 Å². The summed E-state index contributed by atoms with van der Waals surface area (Å²) in [6.45, 7) is 3.15. The number of aryl methyl sites for hydroxylation is 2. The largest absolute Gasteiger partial charge is 0.469 e. The van der Waals surface area contributed by atoms with Crippen LogP contribution in [-0.2, 0) is 9.53 Å². The zero-order valence-corrected chi connectivity index (χ0v) is 10.6. The third-order valence-electron chi connectivity index (χ3n) is 2.77. The average Bonchev–Trinajstić information content (AvgIpc) is 2.33. The van der Waals surface area contributed by atoms with E-state index in [4.69, 9.17) is 0 Å². The molecule has 1 aromatic carbocycles. The number of aliphatic hydroxyl groups is 2. The maximum Gasteiger partial charge on any atom is 0.308 e. The lowest BCUT2D eigenvalue weighted by Crippen LogP contribution is -2.22. The molecule has 0 bridgehead atoms. The number of methoxy groups -OCH3 is 1. The van der Waals surface area contributed by atoms with Crippen molar-refractivity contribution in [1.29, 1.82) is 0 Å². The molecule has 2 atom stereocenters. The van der Waals surface area contributed by atoms with Crippen LogP contribution in [0.4, 0.5) is 4.39 Å². The molecule has 18 heavy (non-hydrogen) atoms. The predicted molar refractivity (Wildman–Crippen MR) is 63.5 cm³/mol. The van der Waals surface area contributed by atoms with Gasteiger partial charge in [-0.1, -0.05) is 12.1 Å². The molecule has 0 aromatic heterocycles. The Labute approximate surface area is 105 Å². The Kier molecular flexibility index (Phi) is 4.81. The highest BCUT2D eigenvalue weighted by atomic mass is 19.1. The van der Waals surface area contributed by atoms with Crippen molar-refractivity contribution in [2.75, 3.05) is 7.11 Å². The summed E-state index contributed by atoms with van der Waals surface area (Å²) >= 11 is 0. The van der Waals surface area contributed by atoms with E-state index < -0.39 is 18.2 Å². The van der Waals surface area contributed by atoms with Crippen LogP contribution >= 0.6 is 0 Å². The maximum atomic E-state index is 13.4. The van der Waals surface area contributed by atoms with Gasteiger partial charge in [0.15, 0.2) is 0 Å². The lowest BCUT2D eigenvalue weighted by atomic mass is 9.98. The second-order valence-corrected chi connectivity index (χ2v) is 4.26. The standard InChI is InChI=1S/C13H17FO4/c1-7-4-9(5-8(2)12(7)14)13(17)10(15)6-11(16)18-3/h4-5,10,13,15,17H,6H2,1-3H3. The van der Waals surface area contributed by atoms with E-state index in [9.17, 15) is 19.4 Å². The average molecular weight is 256 g/mol. The molecular weight excluding hydrogens is 239 g/mol. The number of rotatable bonds is 4. The Morgan fingerprint density at radius 3 is 2.28 bits per heavy atom. The maximum absolute atomic E-state index is 13.4. The highest BCUT2D eigenvalue weighted by Gasteiger charge is 2.22. The number of hydrogen-bond acceptors (Lipinski definition) is 4. The molecule has 0 heterocycles. The molecule has 0 radical (unpaired) electrons. The Morgan fingerprint density at radius 1 is 1.33 bits per heavy atom. The molecule has 0 aliphatic heterocycles. The van der Waals surface area contributed by atoms with Crippen molar-refractivity contribution in [2.24, 2.45) is 0 Å². The normalized spacial score (nSPS) is 14.1. The van der Waals surface area contributed by atoms with Crippen molar-refractivity contribution >= 4 is 5.97 Å². The molecule has 0 aliphatic carbocycles. The van der Waals surface area contributed by atoms with Gasteiger partial charge in [0, 0.05) is 0 Å². The fourth-order valence-corrected chi connectivity index (χ4v) is 1.74. The van der Waals surface area contributed by atoms with Gasteiger partial charge in [-0.2, -0.15) is 0 Å². The fourth-order valence-electron chi connectivity index (χ4n) is 1.74. The second-order valence-electron chi connectivity index (χ2n) is 4.26. The van der Waals surface area contributed by atoms with E-state index in [1.807, 2.05) is 0 Å². The van der Waals surface area contributed by atoms with Crippen molar-refractivity contribution in [1.82, 2.24) is 0 Å². The molecule has 4 nitrogen and oxygen atoms in total. The summed E-state index contributed by atoms with van der Waals surface area (Å²) in [6, 6.07) is 2.90. The van der Waals surface area contributed by atoms with E-state index >= 15 is 0 Å². The van der Waals surface area contributed by atoms with Crippen molar-refractivity contribution in [3.63, 3.8) is 0 Å². The van der Waals surface area contributed by atoms with Gasteiger partial charge in [-0.15, -0.1) is 0 Å². The number of carbonyl (C=O) groups is 1. The molecule has 0 spiro atoms. The van der Waals surface area contributed by atoms with Gasteiger partial charge in [-0.25, -0.2) is 4.39 Å². The highest BCUT2D eigenvalue weighted by Crippen LogP contribution is 2.23. The molecule has 1 aromatic rings. The third kappa shape index (κ3) is 3.27. The minimum absolute atomic E-state index is 0.312. The molecule has 0 amide bonds. The van der Waals surface area contributed by atoms with Crippen molar-refractivity contribution in [3.8, 4) is 0 Å². The van der Waals surface area contributed by atoms with E-state index in [2.05, 4.69) is 4.74 Å². The Hall–Kier alpha value is -1.46. The molecule has 5 heteroatoms. The fraction of sp³-hybridized carbons (Fsp3) is 0.462.